The number of phenolic OH excluding ortho intramolecular Hbond substituents is 1. The molecule has 2 amide bonds. The number of nitrogens with two attached hydrogens (primary N) is 1. The van der Waals surface area contributed by atoms with Crippen LogP contribution >= 0.6 is 0 Å². The molecule has 0 aromatic heterocycles. The molecule has 1 heterocycles. The number of hydrogen-bond acceptors (Lipinski definition) is 11. The van der Waals surface area contributed by atoms with Gasteiger partial charge in [-0.1, -0.05) is 0 Å². The fraction of sp³-hybridized carbons (Fsp3) is 0.500. The Labute approximate surface area is 236 Å². The van der Waals surface area contributed by atoms with Crippen LogP contribution in [0.2, 0.25) is 0 Å². The van der Waals surface area contributed by atoms with Crippen LogP contribution in [0.25, 0.3) is 5.76 Å². The molecule has 3 aliphatic carbocycles. The average Bonchev–Trinajstić information content (AvgIpc) is 2.84. The second-order valence-electron chi connectivity index (χ2n) is 11.7. The molecular weight excluding hydrogens is 534 g/mol. The van der Waals surface area contributed by atoms with Gasteiger partial charge in [0.2, 0.25) is 11.7 Å². The molecule has 4 aliphatic rings. The van der Waals surface area contributed by atoms with Crippen LogP contribution in [0.15, 0.2) is 23.0 Å². The summed E-state index contributed by atoms with van der Waals surface area (Å²) >= 11 is 0. The molecule has 13 nitrogen and oxygen atoms in total. The number of fused-ring (bicyclic) bond motifs is 3. The summed E-state index contributed by atoms with van der Waals surface area (Å²) in [5.41, 5.74) is 2.60. The number of carbonyl (C=O) groups is 4. The maximum atomic E-state index is 14.0. The largest absolute Gasteiger partial charge is 0.508 e. The van der Waals surface area contributed by atoms with Crippen molar-refractivity contribution < 1.29 is 39.6 Å². The Hall–Kier alpha value is -3.94. The third-order valence-electron chi connectivity index (χ3n) is 8.77. The van der Waals surface area contributed by atoms with Gasteiger partial charge in [-0.3, -0.25) is 29.0 Å². The van der Waals surface area contributed by atoms with E-state index in [1.54, 1.807) is 39.2 Å². The zero-order chi connectivity index (χ0) is 30.1. The van der Waals surface area contributed by atoms with Crippen molar-refractivity contribution in [2.24, 2.45) is 17.6 Å². The highest BCUT2D eigenvalue weighted by atomic mass is 16.3. The van der Waals surface area contributed by atoms with Gasteiger partial charge in [0, 0.05) is 31.3 Å². The van der Waals surface area contributed by atoms with Crippen molar-refractivity contribution in [2.45, 2.75) is 30.9 Å². The second-order valence-corrected chi connectivity index (χ2v) is 11.7. The summed E-state index contributed by atoms with van der Waals surface area (Å²) in [6, 6.07) is 0.445. The molecule has 1 aromatic rings. The van der Waals surface area contributed by atoms with Crippen molar-refractivity contribution >= 4 is 40.5 Å². The number of likely N-dealkylation sites (tertiary alicyclic amines) is 1. The van der Waals surface area contributed by atoms with Gasteiger partial charge < -0.3 is 36.4 Å². The van der Waals surface area contributed by atoms with E-state index in [4.69, 9.17) is 5.73 Å². The molecule has 2 unspecified atom stereocenters. The van der Waals surface area contributed by atoms with Crippen LogP contribution in [0, 0.1) is 11.8 Å². The summed E-state index contributed by atoms with van der Waals surface area (Å²) in [7, 11) is 6.62. The number of ketones is 2. The van der Waals surface area contributed by atoms with Crippen molar-refractivity contribution in [2.75, 3.05) is 58.0 Å². The van der Waals surface area contributed by atoms with Crippen LogP contribution in [-0.2, 0) is 25.6 Å². The lowest BCUT2D eigenvalue weighted by Gasteiger charge is -2.50. The Morgan fingerprint density at radius 1 is 1.15 bits per heavy atom. The van der Waals surface area contributed by atoms with Gasteiger partial charge in [0.15, 0.2) is 11.4 Å². The van der Waals surface area contributed by atoms with Crippen LogP contribution in [-0.4, -0.2) is 113 Å². The van der Waals surface area contributed by atoms with Crippen LogP contribution in [0.3, 0.4) is 0 Å². The molecular formula is C28H35N5O8. The highest BCUT2D eigenvalue weighted by molar-refractivity contribution is 6.24. The van der Waals surface area contributed by atoms with Gasteiger partial charge in [0.05, 0.1) is 23.8 Å². The van der Waals surface area contributed by atoms with E-state index >= 15 is 0 Å². The zero-order valence-corrected chi connectivity index (χ0v) is 23.4. The quantitative estimate of drug-likeness (QED) is 0.194. The average molecular weight is 570 g/mol. The molecule has 2 fully saturated rings. The van der Waals surface area contributed by atoms with E-state index < -0.39 is 63.8 Å². The molecule has 1 saturated carbocycles. The Morgan fingerprint density at radius 3 is 2.34 bits per heavy atom. The Kier molecular flexibility index (Phi) is 6.87. The number of amides is 2. The van der Waals surface area contributed by atoms with Crippen LogP contribution in [0.4, 0.5) is 11.4 Å². The number of nitrogens with one attached hydrogen (secondary N) is 1. The smallest absolute Gasteiger partial charge is 0.255 e. The number of nitrogens with zero attached hydrogens (tertiary/aromatic N) is 3. The molecule has 13 heteroatoms. The van der Waals surface area contributed by atoms with Gasteiger partial charge in [-0.2, -0.15) is 0 Å². The number of likely N-dealkylation sites (N-methyl/N-ethyl adjacent to an activating group) is 1. The lowest BCUT2D eigenvalue weighted by molar-refractivity contribution is -0.153. The van der Waals surface area contributed by atoms with Crippen LogP contribution < -0.4 is 16.0 Å². The molecule has 41 heavy (non-hydrogen) atoms. The molecule has 1 saturated heterocycles. The van der Waals surface area contributed by atoms with Crippen molar-refractivity contribution in [1.82, 2.24) is 9.80 Å². The van der Waals surface area contributed by atoms with Gasteiger partial charge >= 0.3 is 0 Å². The number of aromatic hydroxyl groups is 1. The van der Waals surface area contributed by atoms with Crippen LogP contribution in [0.5, 0.6) is 5.75 Å². The predicted octanol–water partition coefficient (Wildman–Crippen LogP) is -0.326. The molecule has 5 rings (SSSR count). The highest BCUT2D eigenvalue weighted by Crippen LogP contribution is 2.54. The fourth-order valence-corrected chi connectivity index (χ4v) is 6.72. The third-order valence-corrected chi connectivity index (χ3v) is 8.77. The maximum Gasteiger partial charge on any atom is 0.255 e. The lowest BCUT2D eigenvalue weighted by Crippen LogP contribution is -2.65. The summed E-state index contributed by atoms with van der Waals surface area (Å²) < 4.78 is 0. The van der Waals surface area contributed by atoms with E-state index in [0.29, 0.717) is 11.3 Å². The van der Waals surface area contributed by atoms with E-state index in [1.165, 1.54) is 4.90 Å². The summed E-state index contributed by atoms with van der Waals surface area (Å²) in [4.78, 5) is 57.2. The van der Waals surface area contributed by atoms with Gasteiger partial charge in [-0.25, -0.2) is 0 Å². The second kappa shape index (κ2) is 9.86. The van der Waals surface area contributed by atoms with Gasteiger partial charge in [0.1, 0.15) is 22.8 Å². The monoisotopic (exact) mass is 569 g/mol. The number of anilines is 2. The molecule has 1 aromatic carbocycles. The van der Waals surface area contributed by atoms with Crippen molar-refractivity contribution in [3.63, 3.8) is 0 Å². The third kappa shape index (κ3) is 4.18. The molecule has 1 aliphatic heterocycles. The summed E-state index contributed by atoms with van der Waals surface area (Å²) in [6.07, 6.45) is 1.15. The standard InChI is InChI=1S/C28H35N5O8/c1-31(2)16-10-15(30-17(34)11-33-6-5-7-33)22(35)19-13(16)8-12-9-14-21(32(3)4)24(37)20(27(29)40)26(39)28(14,41)25(38)18(12)23(19)36/h10,12,14,21,35-36,39,41H,5-9,11H2,1-4H3,(H2,29,40)(H,30,34)/t12?,14?,21-,28-/m0/s1. The number of carbonyl (C=O) groups excluding carboxylic acids is 4. The van der Waals surface area contributed by atoms with Crippen molar-refractivity contribution in [3.05, 3.63) is 34.1 Å². The SMILES string of the molecule is CN(C)c1cc(NC(=O)CN2CCC2)c(O)c2c1CC1CC3[C@H](N(C)C)C(=O)C(C(N)=O)=C(O)[C@@]3(O)C(=O)C1=C2O. The number of phenols is 1. The van der Waals surface area contributed by atoms with E-state index in [1.807, 2.05) is 4.90 Å². The van der Waals surface area contributed by atoms with E-state index in [-0.39, 0.29) is 42.1 Å². The predicted molar refractivity (Wildman–Crippen MR) is 148 cm³/mol. The fourth-order valence-electron chi connectivity index (χ4n) is 6.72. The first-order chi connectivity index (χ1) is 19.2. The minimum Gasteiger partial charge on any atom is -0.508 e. The van der Waals surface area contributed by atoms with Gasteiger partial charge in [0.25, 0.3) is 5.91 Å². The zero-order valence-electron chi connectivity index (χ0n) is 23.4. The summed E-state index contributed by atoms with van der Waals surface area (Å²) in [5.74, 6) is -7.58. The van der Waals surface area contributed by atoms with E-state index in [0.717, 1.165) is 19.5 Å². The first kappa shape index (κ1) is 28.6. The number of rotatable bonds is 6. The maximum absolute atomic E-state index is 14.0. The summed E-state index contributed by atoms with van der Waals surface area (Å²) in [6.45, 7) is 1.73. The first-order valence-corrected chi connectivity index (χ1v) is 13.4. The van der Waals surface area contributed by atoms with Gasteiger partial charge in [-0.15, -0.1) is 0 Å². The molecule has 0 bridgehead atoms. The topological polar surface area (TPSA) is 197 Å². The Morgan fingerprint density at radius 2 is 1.80 bits per heavy atom. The minimum atomic E-state index is -2.71. The van der Waals surface area contributed by atoms with Crippen molar-refractivity contribution in [1.29, 1.82) is 0 Å². The molecule has 4 atom stereocenters. The Bertz CT molecular complexity index is 1440. The number of benzene rings is 1. The minimum absolute atomic E-state index is 0.00624. The molecule has 0 radical (unpaired) electrons. The number of Topliss-reactive ketones (excluding diaryl/α,β-unsaturated/α-hetero) is 2. The van der Waals surface area contributed by atoms with E-state index in [9.17, 15) is 39.6 Å². The lowest BCUT2D eigenvalue weighted by atomic mass is 9.57. The number of aliphatic hydroxyl groups excluding tert-OH is 2. The molecule has 7 N–H and O–H groups in total. The number of hydrogen-bond donors (Lipinski definition) is 6. The van der Waals surface area contributed by atoms with Crippen molar-refractivity contribution in [3.8, 4) is 5.75 Å². The number of primary amides is 1. The molecule has 220 valence electrons. The number of aliphatic hydroxyl groups is 3. The Balaban J connectivity index is 1.66. The summed E-state index contributed by atoms with van der Waals surface area (Å²) in [5, 5.41) is 48.2. The van der Waals surface area contributed by atoms with Gasteiger partial charge in [-0.05, 0) is 64.0 Å². The van der Waals surface area contributed by atoms with Crippen LogP contribution in [0.1, 0.15) is 24.0 Å². The highest BCUT2D eigenvalue weighted by Gasteiger charge is 2.64. The molecule has 0 spiro atoms. The first-order valence-electron chi connectivity index (χ1n) is 13.4. The normalized spacial score (nSPS) is 27.7. The van der Waals surface area contributed by atoms with E-state index in [2.05, 4.69) is 5.32 Å².